The van der Waals surface area contributed by atoms with Crippen molar-refractivity contribution in [3.8, 4) is 5.75 Å². The van der Waals surface area contributed by atoms with Crippen molar-refractivity contribution in [3.63, 3.8) is 0 Å². The van der Waals surface area contributed by atoms with E-state index in [4.69, 9.17) is 4.74 Å². The molecule has 0 radical (unpaired) electrons. The van der Waals surface area contributed by atoms with Crippen LogP contribution < -0.4 is 4.74 Å². The molecule has 0 bridgehead atoms. The van der Waals surface area contributed by atoms with Crippen LogP contribution in [0.1, 0.15) is 11.4 Å². The number of aryl methyl sites for hydroxylation is 1. The number of benzene rings is 1. The average Bonchev–Trinajstić information content (AvgIpc) is 2.67. The van der Waals surface area contributed by atoms with E-state index < -0.39 is 0 Å². The van der Waals surface area contributed by atoms with Gasteiger partial charge in [-0.3, -0.25) is 0 Å². The fourth-order valence-corrected chi connectivity index (χ4v) is 1.51. The molecule has 0 aliphatic rings. The zero-order valence-electron chi connectivity index (χ0n) is 9.75. The minimum absolute atomic E-state index is 0.299. The van der Waals surface area contributed by atoms with Gasteiger partial charge in [-0.2, -0.15) is 0 Å². The van der Waals surface area contributed by atoms with E-state index in [0.717, 1.165) is 11.3 Å². The third-order valence-electron chi connectivity index (χ3n) is 2.51. The lowest BCUT2D eigenvalue weighted by atomic mass is 10.2. The summed E-state index contributed by atoms with van der Waals surface area (Å²) < 4.78 is 7.20. The molecule has 0 N–H and O–H groups in total. The van der Waals surface area contributed by atoms with E-state index in [0.29, 0.717) is 18.2 Å². The minimum Gasteiger partial charge on any atom is -0.486 e. The van der Waals surface area contributed by atoms with Crippen molar-refractivity contribution >= 4 is 5.82 Å². The van der Waals surface area contributed by atoms with Crippen LogP contribution in [0.4, 0.5) is 5.82 Å². The average molecular weight is 231 g/mol. The summed E-state index contributed by atoms with van der Waals surface area (Å²) in [6.07, 6.45) is 1.43. The molecule has 0 fully saturated rings. The fourth-order valence-electron chi connectivity index (χ4n) is 1.51. The van der Waals surface area contributed by atoms with Gasteiger partial charge in [0.15, 0.2) is 5.82 Å². The summed E-state index contributed by atoms with van der Waals surface area (Å²) in [7, 11) is 1.73. The second-order valence-corrected chi connectivity index (χ2v) is 3.79. The van der Waals surface area contributed by atoms with Gasteiger partial charge in [-0.05, 0) is 29.8 Å². The van der Waals surface area contributed by atoms with Gasteiger partial charge in [0, 0.05) is 7.05 Å². The molecule has 0 aliphatic carbocycles. The molecule has 5 heteroatoms. The SMILES string of the molecule is Cc1cccc(OCc2ncc(N=O)n2C)c1. The quantitative estimate of drug-likeness (QED) is 0.760. The number of aromatic nitrogens is 2. The first kappa shape index (κ1) is 11.3. The first-order valence-electron chi connectivity index (χ1n) is 5.24. The standard InChI is InChI=1S/C12H13N3O2/c1-9-4-3-5-10(6-9)17-8-12-13-7-11(14-16)15(12)2/h3-7H,8H2,1-2H3. The highest BCUT2D eigenvalue weighted by Crippen LogP contribution is 2.16. The van der Waals surface area contributed by atoms with Gasteiger partial charge >= 0.3 is 0 Å². The third kappa shape index (κ3) is 2.50. The van der Waals surface area contributed by atoms with Crippen LogP contribution in [0.3, 0.4) is 0 Å². The largest absolute Gasteiger partial charge is 0.486 e. The number of hydrogen-bond donors (Lipinski definition) is 0. The molecule has 0 atom stereocenters. The van der Waals surface area contributed by atoms with E-state index in [9.17, 15) is 4.91 Å². The normalized spacial score (nSPS) is 10.2. The van der Waals surface area contributed by atoms with Crippen LogP contribution in [0.5, 0.6) is 5.75 Å². The number of nitrogens with zero attached hydrogens (tertiary/aromatic N) is 3. The summed E-state index contributed by atoms with van der Waals surface area (Å²) in [6.45, 7) is 2.32. The predicted molar refractivity (Wildman–Crippen MR) is 64.2 cm³/mol. The first-order chi connectivity index (χ1) is 8.20. The Bertz CT molecular complexity index is 534. The number of ether oxygens (including phenoxy) is 1. The van der Waals surface area contributed by atoms with E-state index in [1.165, 1.54) is 6.20 Å². The molecule has 0 aliphatic heterocycles. The van der Waals surface area contributed by atoms with Gasteiger partial charge < -0.3 is 9.30 Å². The van der Waals surface area contributed by atoms with Gasteiger partial charge in [0.2, 0.25) is 0 Å². The molecule has 0 saturated carbocycles. The lowest BCUT2D eigenvalue weighted by molar-refractivity contribution is 0.292. The maximum Gasteiger partial charge on any atom is 0.197 e. The first-order valence-corrected chi connectivity index (χ1v) is 5.24. The van der Waals surface area contributed by atoms with E-state index >= 15 is 0 Å². The fraction of sp³-hybridized carbons (Fsp3) is 0.250. The molecule has 0 unspecified atom stereocenters. The molecular formula is C12H13N3O2. The molecule has 0 amide bonds. The van der Waals surface area contributed by atoms with E-state index in [1.807, 2.05) is 31.2 Å². The van der Waals surface area contributed by atoms with Crippen LogP contribution in [0.25, 0.3) is 0 Å². The van der Waals surface area contributed by atoms with Gasteiger partial charge in [-0.25, -0.2) is 4.98 Å². The summed E-state index contributed by atoms with van der Waals surface area (Å²) in [5.74, 6) is 1.75. The van der Waals surface area contributed by atoms with Crippen LogP contribution in [-0.4, -0.2) is 9.55 Å². The summed E-state index contributed by atoms with van der Waals surface area (Å²) in [5.41, 5.74) is 1.14. The van der Waals surface area contributed by atoms with E-state index in [2.05, 4.69) is 10.2 Å². The highest BCUT2D eigenvalue weighted by molar-refractivity contribution is 5.28. The van der Waals surface area contributed by atoms with Crippen molar-refractivity contribution in [3.05, 3.63) is 46.8 Å². The van der Waals surface area contributed by atoms with Gasteiger partial charge in [0.1, 0.15) is 18.2 Å². The Morgan fingerprint density at radius 1 is 1.47 bits per heavy atom. The monoisotopic (exact) mass is 231 g/mol. The van der Waals surface area contributed by atoms with Crippen LogP contribution in [0.2, 0.25) is 0 Å². The lowest BCUT2D eigenvalue weighted by Crippen LogP contribution is -2.03. The zero-order chi connectivity index (χ0) is 12.3. The Kier molecular flexibility index (Phi) is 3.18. The second-order valence-electron chi connectivity index (χ2n) is 3.79. The number of hydrogen-bond acceptors (Lipinski definition) is 4. The van der Waals surface area contributed by atoms with Crippen molar-refractivity contribution in [1.82, 2.24) is 9.55 Å². The molecule has 5 nitrogen and oxygen atoms in total. The van der Waals surface area contributed by atoms with Gasteiger partial charge in [0.05, 0.1) is 6.20 Å². The van der Waals surface area contributed by atoms with E-state index in [-0.39, 0.29) is 0 Å². The van der Waals surface area contributed by atoms with Crippen LogP contribution >= 0.6 is 0 Å². The second kappa shape index (κ2) is 4.78. The minimum atomic E-state index is 0.299. The molecular weight excluding hydrogens is 218 g/mol. The van der Waals surface area contributed by atoms with Crippen LogP contribution in [0.15, 0.2) is 35.6 Å². The van der Waals surface area contributed by atoms with Crippen molar-refractivity contribution in [2.24, 2.45) is 12.2 Å². The molecule has 17 heavy (non-hydrogen) atoms. The smallest absolute Gasteiger partial charge is 0.197 e. The topological polar surface area (TPSA) is 56.5 Å². The number of nitroso groups, excluding NO2 is 1. The maximum atomic E-state index is 10.4. The highest BCUT2D eigenvalue weighted by atomic mass is 16.5. The third-order valence-corrected chi connectivity index (χ3v) is 2.51. The van der Waals surface area contributed by atoms with Gasteiger partial charge in [-0.15, -0.1) is 4.91 Å². The van der Waals surface area contributed by atoms with Crippen molar-refractivity contribution < 1.29 is 4.74 Å². The van der Waals surface area contributed by atoms with Gasteiger partial charge in [0.25, 0.3) is 0 Å². The summed E-state index contributed by atoms with van der Waals surface area (Å²) >= 11 is 0. The van der Waals surface area contributed by atoms with E-state index in [1.54, 1.807) is 11.6 Å². The highest BCUT2D eigenvalue weighted by Gasteiger charge is 2.07. The van der Waals surface area contributed by atoms with Crippen molar-refractivity contribution in [2.45, 2.75) is 13.5 Å². The van der Waals surface area contributed by atoms with Gasteiger partial charge in [-0.1, -0.05) is 12.1 Å². The molecule has 0 spiro atoms. The lowest BCUT2D eigenvalue weighted by Gasteiger charge is -2.06. The Hall–Kier alpha value is -2.17. The molecule has 88 valence electrons. The number of imidazole rings is 1. The predicted octanol–water partition coefficient (Wildman–Crippen LogP) is 2.71. The summed E-state index contributed by atoms with van der Waals surface area (Å²) in [4.78, 5) is 14.5. The Morgan fingerprint density at radius 2 is 2.29 bits per heavy atom. The molecule has 1 heterocycles. The summed E-state index contributed by atoms with van der Waals surface area (Å²) in [6, 6.07) is 7.76. The Balaban J connectivity index is 2.07. The van der Waals surface area contributed by atoms with Crippen LogP contribution in [-0.2, 0) is 13.7 Å². The molecule has 1 aromatic carbocycles. The van der Waals surface area contributed by atoms with Crippen LogP contribution in [0, 0.1) is 11.8 Å². The Morgan fingerprint density at radius 3 is 2.94 bits per heavy atom. The number of rotatable bonds is 4. The van der Waals surface area contributed by atoms with Crippen molar-refractivity contribution in [2.75, 3.05) is 0 Å². The molecule has 1 aromatic heterocycles. The maximum absolute atomic E-state index is 10.4. The zero-order valence-corrected chi connectivity index (χ0v) is 9.75. The Labute approximate surface area is 99.0 Å². The molecule has 0 saturated heterocycles. The van der Waals surface area contributed by atoms with Crippen molar-refractivity contribution in [1.29, 1.82) is 0 Å². The molecule has 2 aromatic rings. The summed E-state index contributed by atoms with van der Waals surface area (Å²) in [5, 5.41) is 2.85. The molecule has 2 rings (SSSR count).